The number of ether oxygens (including phenoxy) is 1. The Morgan fingerprint density at radius 2 is 1.96 bits per heavy atom. The zero-order valence-corrected chi connectivity index (χ0v) is 15.9. The molecule has 8 nitrogen and oxygen atoms in total. The smallest absolute Gasteiger partial charge is 0.322 e. The average molecular weight is 378 g/mol. The fraction of sp³-hybridized carbons (Fsp3) is 0.300. The quantitative estimate of drug-likeness (QED) is 0.712. The van der Waals surface area contributed by atoms with Crippen LogP contribution in [0.1, 0.15) is 24.2 Å². The van der Waals surface area contributed by atoms with Gasteiger partial charge in [0.1, 0.15) is 5.75 Å². The number of aromatic nitrogens is 4. The molecule has 1 aliphatic rings. The molecule has 28 heavy (non-hydrogen) atoms. The molecule has 0 unspecified atom stereocenters. The lowest BCUT2D eigenvalue weighted by Crippen LogP contribution is -2.36. The summed E-state index contributed by atoms with van der Waals surface area (Å²) in [6.45, 7) is 2.35. The van der Waals surface area contributed by atoms with Crippen molar-refractivity contribution >= 4 is 11.7 Å². The summed E-state index contributed by atoms with van der Waals surface area (Å²) in [6, 6.07) is 15.4. The van der Waals surface area contributed by atoms with Crippen LogP contribution in [0.2, 0.25) is 0 Å². The van der Waals surface area contributed by atoms with Crippen molar-refractivity contribution < 1.29 is 9.53 Å². The highest BCUT2D eigenvalue weighted by Gasteiger charge is 2.33. The number of urea groups is 1. The molecular weight excluding hydrogens is 356 g/mol. The van der Waals surface area contributed by atoms with Crippen molar-refractivity contribution in [3.8, 4) is 11.4 Å². The number of nitrogens with one attached hydrogen (secondary N) is 1. The first-order valence-corrected chi connectivity index (χ1v) is 9.20. The molecule has 0 atom stereocenters. The summed E-state index contributed by atoms with van der Waals surface area (Å²) >= 11 is 0. The van der Waals surface area contributed by atoms with Crippen LogP contribution in [-0.2, 0) is 6.54 Å². The van der Waals surface area contributed by atoms with E-state index < -0.39 is 0 Å². The van der Waals surface area contributed by atoms with E-state index in [0.29, 0.717) is 12.4 Å². The van der Waals surface area contributed by atoms with Gasteiger partial charge in [0.25, 0.3) is 0 Å². The lowest BCUT2D eigenvalue weighted by Gasteiger charge is -2.24. The summed E-state index contributed by atoms with van der Waals surface area (Å²) in [5.41, 5.74) is 2.57. The molecule has 144 valence electrons. The minimum absolute atomic E-state index is 0.111. The van der Waals surface area contributed by atoms with E-state index in [1.54, 1.807) is 11.8 Å². The first-order chi connectivity index (χ1) is 13.7. The molecule has 0 aliphatic heterocycles. The maximum absolute atomic E-state index is 12.9. The van der Waals surface area contributed by atoms with Gasteiger partial charge in [0.15, 0.2) is 5.82 Å². The van der Waals surface area contributed by atoms with Crippen molar-refractivity contribution in [1.29, 1.82) is 0 Å². The number of hydrogen-bond acceptors (Lipinski definition) is 5. The Balaban J connectivity index is 1.47. The third-order valence-corrected chi connectivity index (χ3v) is 4.77. The van der Waals surface area contributed by atoms with Crippen LogP contribution in [0.25, 0.3) is 5.69 Å². The van der Waals surface area contributed by atoms with Gasteiger partial charge in [-0.05, 0) is 60.5 Å². The molecule has 1 saturated carbocycles. The summed E-state index contributed by atoms with van der Waals surface area (Å²) in [5, 5.41) is 14.5. The van der Waals surface area contributed by atoms with E-state index in [-0.39, 0.29) is 12.1 Å². The minimum Gasteiger partial charge on any atom is -0.496 e. The Labute approximate surface area is 163 Å². The highest BCUT2D eigenvalue weighted by Crippen LogP contribution is 2.31. The Kier molecular flexibility index (Phi) is 4.92. The monoisotopic (exact) mass is 378 g/mol. The number of carbonyl (C=O) groups is 1. The number of tetrazole rings is 1. The molecule has 1 aliphatic carbocycles. The maximum atomic E-state index is 12.9. The van der Waals surface area contributed by atoms with Gasteiger partial charge in [-0.3, -0.25) is 0 Å². The van der Waals surface area contributed by atoms with Crippen LogP contribution in [0.3, 0.4) is 0 Å². The lowest BCUT2D eigenvalue weighted by molar-refractivity contribution is 0.205. The van der Waals surface area contributed by atoms with Gasteiger partial charge in [0, 0.05) is 17.3 Å². The third-order valence-electron chi connectivity index (χ3n) is 4.77. The Morgan fingerprint density at radius 3 is 2.61 bits per heavy atom. The molecule has 3 aromatic rings. The highest BCUT2D eigenvalue weighted by molar-refractivity contribution is 5.89. The molecule has 2 amide bonds. The second-order valence-electron chi connectivity index (χ2n) is 6.79. The zero-order valence-electron chi connectivity index (χ0n) is 15.9. The maximum Gasteiger partial charge on any atom is 0.322 e. The molecule has 0 bridgehead atoms. The molecule has 1 fully saturated rings. The second kappa shape index (κ2) is 7.67. The Bertz CT molecular complexity index is 965. The first-order valence-electron chi connectivity index (χ1n) is 9.20. The van der Waals surface area contributed by atoms with E-state index in [4.69, 9.17) is 4.74 Å². The van der Waals surface area contributed by atoms with E-state index in [1.807, 2.05) is 60.4 Å². The predicted molar refractivity (Wildman–Crippen MR) is 104 cm³/mol. The molecule has 2 aromatic carbocycles. The van der Waals surface area contributed by atoms with Gasteiger partial charge in [-0.2, -0.15) is 4.68 Å². The van der Waals surface area contributed by atoms with Crippen LogP contribution in [-0.4, -0.2) is 44.3 Å². The molecule has 4 rings (SSSR count). The molecule has 1 heterocycles. The summed E-state index contributed by atoms with van der Waals surface area (Å²) in [6.07, 6.45) is 2.06. The molecule has 0 spiro atoms. The minimum atomic E-state index is -0.111. The van der Waals surface area contributed by atoms with Crippen LogP contribution in [0, 0.1) is 6.92 Å². The van der Waals surface area contributed by atoms with Crippen LogP contribution in [0.5, 0.6) is 5.75 Å². The number of anilines is 1. The van der Waals surface area contributed by atoms with E-state index in [2.05, 4.69) is 20.8 Å². The number of aryl methyl sites for hydroxylation is 1. The first kappa shape index (κ1) is 18.0. The molecule has 0 radical (unpaired) electrons. The SMILES string of the molecule is COc1ccccc1CN(C(=O)Nc1ccc(-n2nnnc2C)cc1)C1CC1. The number of rotatable bonds is 6. The van der Waals surface area contributed by atoms with Gasteiger partial charge >= 0.3 is 6.03 Å². The number of amides is 2. The van der Waals surface area contributed by atoms with E-state index in [9.17, 15) is 4.79 Å². The summed E-state index contributed by atoms with van der Waals surface area (Å²) in [7, 11) is 1.65. The molecule has 1 aromatic heterocycles. The molecule has 8 heteroatoms. The largest absolute Gasteiger partial charge is 0.496 e. The standard InChI is InChI=1S/C20H22N6O2/c1-14-22-23-24-26(14)18-9-7-16(8-10-18)21-20(27)25(17-11-12-17)13-15-5-3-4-6-19(15)28-2/h3-10,17H,11-13H2,1-2H3,(H,21,27). The summed E-state index contributed by atoms with van der Waals surface area (Å²) in [4.78, 5) is 14.8. The topological polar surface area (TPSA) is 85.2 Å². The summed E-state index contributed by atoms with van der Waals surface area (Å²) < 4.78 is 7.07. The normalized spacial score (nSPS) is 13.2. The third kappa shape index (κ3) is 3.80. The second-order valence-corrected chi connectivity index (χ2v) is 6.79. The number of para-hydroxylation sites is 1. The van der Waals surface area contributed by atoms with Gasteiger partial charge in [-0.1, -0.05) is 18.2 Å². The molecular formula is C20H22N6O2. The van der Waals surface area contributed by atoms with Gasteiger partial charge in [0.05, 0.1) is 19.3 Å². The number of nitrogens with zero attached hydrogens (tertiary/aromatic N) is 5. The summed E-state index contributed by atoms with van der Waals surface area (Å²) in [5.74, 6) is 1.50. The Hall–Kier alpha value is -3.42. The van der Waals surface area contributed by atoms with Gasteiger partial charge < -0.3 is 15.0 Å². The van der Waals surface area contributed by atoms with Crippen LogP contribution < -0.4 is 10.1 Å². The fourth-order valence-corrected chi connectivity index (χ4v) is 3.12. The van der Waals surface area contributed by atoms with Gasteiger partial charge in [0.2, 0.25) is 0 Å². The fourth-order valence-electron chi connectivity index (χ4n) is 3.12. The number of carbonyl (C=O) groups excluding carboxylic acids is 1. The number of methoxy groups -OCH3 is 1. The molecule has 0 saturated heterocycles. The van der Waals surface area contributed by atoms with Crippen molar-refractivity contribution in [2.75, 3.05) is 12.4 Å². The number of hydrogen-bond donors (Lipinski definition) is 1. The van der Waals surface area contributed by atoms with Crippen molar-refractivity contribution in [2.45, 2.75) is 32.4 Å². The van der Waals surface area contributed by atoms with Crippen molar-refractivity contribution in [2.24, 2.45) is 0 Å². The van der Waals surface area contributed by atoms with Gasteiger partial charge in [-0.15, -0.1) is 5.10 Å². The van der Waals surface area contributed by atoms with Crippen LogP contribution >= 0.6 is 0 Å². The highest BCUT2D eigenvalue weighted by atomic mass is 16.5. The van der Waals surface area contributed by atoms with Crippen molar-refractivity contribution in [1.82, 2.24) is 25.1 Å². The van der Waals surface area contributed by atoms with Crippen LogP contribution in [0.15, 0.2) is 48.5 Å². The predicted octanol–water partition coefficient (Wildman–Crippen LogP) is 3.18. The zero-order chi connectivity index (χ0) is 19.5. The molecule has 1 N–H and O–H groups in total. The van der Waals surface area contributed by atoms with Crippen molar-refractivity contribution in [3.05, 3.63) is 59.9 Å². The van der Waals surface area contributed by atoms with E-state index in [1.165, 1.54) is 0 Å². The Morgan fingerprint density at radius 1 is 1.21 bits per heavy atom. The lowest BCUT2D eigenvalue weighted by atomic mass is 10.2. The number of benzene rings is 2. The van der Waals surface area contributed by atoms with E-state index in [0.717, 1.165) is 35.5 Å². The van der Waals surface area contributed by atoms with Crippen LogP contribution in [0.4, 0.5) is 10.5 Å². The van der Waals surface area contributed by atoms with E-state index >= 15 is 0 Å². The average Bonchev–Trinajstić information content (AvgIpc) is 3.47. The van der Waals surface area contributed by atoms with Gasteiger partial charge in [-0.25, -0.2) is 4.79 Å². The van der Waals surface area contributed by atoms with Crippen molar-refractivity contribution in [3.63, 3.8) is 0 Å².